The van der Waals surface area contributed by atoms with Crippen LogP contribution < -0.4 is 26.8 Å². The first-order valence-electron chi connectivity index (χ1n) is 13.0. The number of nitrogens with one attached hydrogen (secondary N) is 2. The molecule has 12 nitrogen and oxygen atoms in total. The van der Waals surface area contributed by atoms with Crippen molar-refractivity contribution in [2.45, 2.75) is 13.8 Å². The number of aromatic nitrogens is 5. The van der Waals surface area contributed by atoms with E-state index >= 15 is 0 Å². The lowest BCUT2D eigenvalue weighted by atomic mass is 10.3. The van der Waals surface area contributed by atoms with E-state index in [4.69, 9.17) is 74.2 Å². The van der Waals surface area contributed by atoms with E-state index < -0.39 is 0 Å². The molecular formula is C29H24Cl5N11O. The Morgan fingerprint density at radius 1 is 0.674 bits per heavy atom. The van der Waals surface area contributed by atoms with E-state index in [-0.39, 0.29) is 23.8 Å². The Hall–Kier alpha value is -4.46. The molecule has 2 aromatic carbocycles. The van der Waals surface area contributed by atoms with Crippen LogP contribution >= 0.6 is 58.0 Å². The van der Waals surface area contributed by atoms with E-state index in [0.29, 0.717) is 59.6 Å². The normalized spacial score (nSPS) is 11.4. The summed E-state index contributed by atoms with van der Waals surface area (Å²) in [6, 6.07) is 16.9. The molecule has 0 radical (unpaired) electrons. The summed E-state index contributed by atoms with van der Waals surface area (Å²) in [5, 5.41) is 7.80. The van der Waals surface area contributed by atoms with Gasteiger partial charge < -0.3 is 26.8 Å². The molecule has 0 atom stereocenters. The summed E-state index contributed by atoms with van der Waals surface area (Å²) in [4.78, 5) is 28.7. The minimum Gasteiger partial charge on any atom is -0.437 e. The zero-order valence-electron chi connectivity index (χ0n) is 24.0. The van der Waals surface area contributed by atoms with Crippen molar-refractivity contribution in [1.82, 2.24) is 24.9 Å². The van der Waals surface area contributed by atoms with Gasteiger partial charge in [0.1, 0.15) is 10.9 Å². The van der Waals surface area contributed by atoms with Crippen LogP contribution in [0.5, 0.6) is 11.6 Å². The van der Waals surface area contributed by atoms with Gasteiger partial charge in [-0.2, -0.15) is 20.0 Å². The first-order valence-corrected chi connectivity index (χ1v) is 14.9. The number of aliphatic imine (C=N–C) groups is 2. The zero-order valence-corrected chi connectivity index (χ0v) is 27.8. The number of anilines is 2. The highest BCUT2D eigenvalue weighted by atomic mass is 35.5. The van der Waals surface area contributed by atoms with Gasteiger partial charge in [-0.3, -0.25) is 4.98 Å². The van der Waals surface area contributed by atoms with Crippen molar-refractivity contribution in [3.05, 3.63) is 110 Å². The second kappa shape index (κ2) is 16.2. The third kappa shape index (κ3) is 10.9. The van der Waals surface area contributed by atoms with Gasteiger partial charge >= 0.3 is 0 Å². The van der Waals surface area contributed by atoms with Crippen molar-refractivity contribution >= 4 is 93.2 Å². The topological polar surface area (TPSA) is 174 Å². The first kappa shape index (κ1) is 34.4. The largest absolute Gasteiger partial charge is 0.437 e. The molecule has 3 heterocycles. The number of nitrogens with two attached hydrogens (primary N) is 2. The van der Waals surface area contributed by atoms with Gasteiger partial charge in [0.2, 0.25) is 17.8 Å². The quantitative estimate of drug-likeness (QED) is 0.0762. The lowest BCUT2D eigenvalue weighted by Crippen LogP contribution is -2.22. The predicted octanol–water partition coefficient (Wildman–Crippen LogP) is 8.14. The molecule has 5 aromatic rings. The third-order valence-electron chi connectivity index (χ3n) is 5.31. The number of ether oxygens (including phenoxy) is 1. The van der Waals surface area contributed by atoms with E-state index in [1.54, 1.807) is 86.9 Å². The summed E-state index contributed by atoms with van der Waals surface area (Å²) in [7, 11) is 0. The molecule has 0 saturated heterocycles. The maximum atomic E-state index is 5.98. The predicted molar refractivity (Wildman–Crippen MR) is 186 cm³/mol. The number of hydrogen-bond acceptors (Lipinski definition) is 8. The Balaban J connectivity index is 0.000000216. The maximum absolute atomic E-state index is 5.98. The molecule has 46 heavy (non-hydrogen) atoms. The summed E-state index contributed by atoms with van der Waals surface area (Å²) in [5.41, 5.74) is 14.3. The van der Waals surface area contributed by atoms with E-state index in [9.17, 15) is 0 Å². The number of hydrogen-bond donors (Lipinski definition) is 4. The molecule has 6 N–H and O–H groups in total. The van der Waals surface area contributed by atoms with E-state index in [1.165, 1.54) is 0 Å². The van der Waals surface area contributed by atoms with E-state index in [2.05, 4.69) is 45.5 Å². The van der Waals surface area contributed by atoms with Gasteiger partial charge in [-0.15, -0.1) is 0 Å². The minimum atomic E-state index is 0.0984. The number of guanidine groups is 2. The summed E-state index contributed by atoms with van der Waals surface area (Å²) in [5.74, 6) is 1.45. The van der Waals surface area contributed by atoms with Crippen LogP contribution in [0.2, 0.25) is 25.2 Å². The zero-order chi connectivity index (χ0) is 33.2. The Kier molecular flexibility index (Phi) is 12.1. The van der Waals surface area contributed by atoms with Crippen LogP contribution in [0.1, 0.15) is 11.4 Å². The van der Waals surface area contributed by atoms with Crippen LogP contribution in [-0.4, -0.2) is 36.8 Å². The van der Waals surface area contributed by atoms with Crippen molar-refractivity contribution < 1.29 is 4.74 Å². The van der Waals surface area contributed by atoms with Gasteiger partial charge in [-0.05, 0) is 68.4 Å². The Labute approximate surface area is 288 Å². The van der Waals surface area contributed by atoms with Gasteiger partial charge in [0.25, 0.3) is 11.9 Å². The fraction of sp³-hybridized carbons (Fsp3) is 0.0690. The number of benzene rings is 2. The number of nitrogens with zero attached hydrogens (tertiary/aromatic N) is 7. The molecule has 5 rings (SSSR count). The van der Waals surface area contributed by atoms with Crippen LogP contribution in [0.15, 0.2) is 83.0 Å². The molecule has 0 unspecified atom stereocenters. The summed E-state index contributed by atoms with van der Waals surface area (Å²) < 4.78 is 5.65. The smallest absolute Gasteiger partial charge is 0.256 e. The van der Waals surface area contributed by atoms with Crippen molar-refractivity contribution in [3.63, 3.8) is 0 Å². The average molecular weight is 720 g/mol. The average Bonchev–Trinajstić information content (AvgIpc) is 2.97. The lowest BCUT2D eigenvalue weighted by molar-refractivity contribution is 0.459. The van der Waals surface area contributed by atoms with Gasteiger partial charge in [-0.1, -0.05) is 58.0 Å². The standard InChI is InChI=1S/C17H14Cl2N6O.C12H10Cl3N5/c1-10-7-15(26-12-3-2-6-21-9-12)24-17(22-10)25-16(20)23-11-4-5-13(18)14(19)8-11;1-6-4-10(15)19-12(17-6)20-11(16)18-7-2-3-8(13)9(14)5-7/h2-9H,1H3,(H3,20,22,23,24,25);2-5H,1H3,(H3,16,17,18,19,20). The van der Waals surface area contributed by atoms with Crippen LogP contribution in [0.25, 0.3) is 0 Å². The highest BCUT2D eigenvalue weighted by molar-refractivity contribution is 6.42. The molecule has 0 aliphatic carbocycles. The summed E-state index contributed by atoms with van der Waals surface area (Å²) in [6.07, 6.45) is 3.24. The Morgan fingerprint density at radius 3 is 1.72 bits per heavy atom. The maximum Gasteiger partial charge on any atom is 0.256 e. The van der Waals surface area contributed by atoms with Crippen molar-refractivity contribution in [1.29, 1.82) is 0 Å². The molecule has 0 fully saturated rings. The second-order valence-corrected chi connectivity index (χ2v) is 11.1. The lowest BCUT2D eigenvalue weighted by Gasteiger charge is -2.08. The molecule has 0 saturated carbocycles. The minimum absolute atomic E-state index is 0.0984. The van der Waals surface area contributed by atoms with E-state index in [1.807, 2.05) is 0 Å². The van der Waals surface area contributed by atoms with Crippen LogP contribution in [-0.2, 0) is 0 Å². The van der Waals surface area contributed by atoms with Crippen LogP contribution in [0.3, 0.4) is 0 Å². The van der Waals surface area contributed by atoms with Crippen molar-refractivity contribution in [2.24, 2.45) is 21.5 Å². The summed E-state index contributed by atoms with van der Waals surface area (Å²) >= 11 is 29.4. The highest BCUT2D eigenvalue weighted by Gasteiger charge is 2.07. The number of rotatable bonds is 6. The molecule has 0 aliphatic rings. The monoisotopic (exact) mass is 717 g/mol. The Morgan fingerprint density at radius 2 is 1.22 bits per heavy atom. The molecule has 0 bridgehead atoms. The van der Waals surface area contributed by atoms with Gasteiger partial charge in [-0.25, -0.2) is 9.97 Å². The van der Waals surface area contributed by atoms with Gasteiger partial charge in [0.15, 0.2) is 0 Å². The number of halogens is 5. The summed E-state index contributed by atoms with van der Waals surface area (Å²) in [6.45, 7) is 3.59. The fourth-order valence-corrected chi connectivity index (χ4v) is 4.26. The van der Waals surface area contributed by atoms with Crippen molar-refractivity contribution in [3.8, 4) is 11.6 Å². The SMILES string of the molecule is Cc1cc(Cl)nc(N=C(N)Nc2ccc(Cl)c(Cl)c2)n1.Cc1cc(Oc2cccnc2)nc(N=C(N)Nc2ccc(Cl)c(Cl)c2)n1. The van der Waals surface area contributed by atoms with Gasteiger partial charge in [0.05, 0.1) is 26.3 Å². The third-order valence-corrected chi connectivity index (χ3v) is 6.98. The molecule has 0 aliphatic heterocycles. The van der Waals surface area contributed by atoms with Crippen LogP contribution in [0, 0.1) is 13.8 Å². The number of pyridine rings is 1. The highest BCUT2D eigenvalue weighted by Crippen LogP contribution is 2.26. The first-order chi connectivity index (χ1) is 21.9. The molecule has 0 spiro atoms. The molecule has 17 heteroatoms. The molecule has 0 amide bonds. The molecule has 3 aromatic heterocycles. The van der Waals surface area contributed by atoms with Crippen LogP contribution in [0.4, 0.5) is 23.3 Å². The Bertz CT molecular complexity index is 1870. The fourth-order valence-electron chi connectivity index (χ4n) is 3.44. The molecular weight excluding hydrogens is 696 g/mol. The molecule has 236 valence electrons. The van der Waals surface area contributed by atoms with Gasteiger partial charge in [0, 0.05) is 35.0 Å². The van der Waals surface area contributed by atoms with Crippen molar-refractivity contribution in [2.75, 3.05) is 10.6 Å². The number of aryl methyl sites for hydroxylation is 2. The second-order valence-electron chi connectivity index (χ2n) is 9.07. The van der Waals surface area contributed by atoms with E-state index in [0.717, 1.165) is 0 Å².